The number of nitrogens with zero attached hydrogens (tertiary/aromatic N) is 1. The van der Waals surface area contributed by atoms with Crippen molar-refractivity contribution in [3.05, 3.63) is 93.5 Å². The van der Waals surface area contributed by atoms with E-state index in [-0.39, 0.29) is 26.6 Å². The maximum absolute atomic E-state index is 15.6. The predicted octanol–water partition coefficient (Wildman–Crippen LogP) is 7.38. The van der Waals surface area contributed by atoms with Crippen LogP contribution in [0.3, 0.4) is 0 Å². The highest BCUT2D eigenvalue weighted by atomic mass is 35.5. The van der Waals surface area contributed by atoms with Crippen LogP contribution in [-0.2, 0) is 10.2 Å². The number of nitrogens with one attached hydrogen (secondary N) is 2. The van der Waals surface area contributed by atoms with Gasteiger partial charge in [-0.3, -0.25) is 10.6 Å². The van der Waals surface area contributed by atoms with Gasteiger partial charge in [0.1, 0.15) is 17.0 Å². The van der Waals surface area contributed by atoms with Gasteiger partial charge < -0.3 is 10.5 Å². The molecule has 0 aromatic heterocycles. The van der Waals surface area contributed by atoms with Crippen LogP contribution in [0, 0.1) is 28.4 Å². The molecule has 6 nitrogen and oxygen atoms in total. The van der Waals surface area contributed by atoms with Gasteiger partial charge in [-0.15, -0.1) is 0 Å². The molecule has 1 aliphatic rings. The van der Waals surface area contributed by atoms with Crippen molar-refractivity contribution in [1.82, 2.24) is 5.32 Å². The van der Waals surface area contributed by atoms with Crippen molar-refractivity contribution >= 4 is 40.7 Å². The molecule has 39 heavy (non-hydrogen) atoms. The first kappa shape index (κ1) is 28.6. The van der Waals surface area contributed by atoms with E-state index in [2.05, 4.69) is 16.7 Å². The minimum atomic E-state index is -1.71. The number of rotatable bonds is 5. The van der Waals surface area contributed by atoms with Gasteiger partial charge in [0, 0.05) is 28.0 Å². The molecular formula is C29H28Cl2F2N4O2. The van der Waals surface area contributed by atoms with Crippen molar-refractivity contribution in [2.24, 2.45) is 5.41 Å². The van der Waals surface area contributed by atoms with E-state index in [4.69, 9.17) is 33.7 Å². The van der Waals surface area contributed by atoms with Gasteiger partial charge in [-0.1, -0.05) is 62.2 Å². The van der Waals surface area contributed by atoms with Gasteiger partial charge in [0.25, 0.3) is 0 Å². The summed E-state index contributed by atoms with van der Waals surface area (Å²) in [5, 5.41) is 16.6. The summed E-state index contributed by atoms with van der Waals surface area (Å²) in [5.74, 6) is -2.70. The summed E-state index contributed by atoms with van der Waals surface area (Å²) in [7, 11) is 0. The van der Waals surface area contributed by atoms with E-state index < -0.39 is 41.3 Å². The molecule has 3 aromatic carbocycles. The number of hydrogen-bond donors (Lipinski definition) is 3. The summed E-state index contributed by atoms with van der Waals surface area (Å²) in [5.41, 5.74) is 4.60. The average Bonchev–Trinajstić information content (AvgIpc) is 3.13. The number of carbonyl (C=O) groups is 1. The highest BCUT2D eigenvalue weighted by Crippen LogP contribution is 2.53. The van der Waals surface area contributed by atoms with Gasteiger partial charge in [-0.05, 0) is 59.9 Å². The van der Waals surface area contributed by atoms with Crippen molar-refractivity contribution in [2.75, 3.05) is 11.1 Å². The lowest BCUT2D eigenvalue weighted by Gasteiger charge is -2.37. The first-order chi connectivity index (χ1) is 18.4. The molecule has 1 aliphatic heterocycles. The Bertz CT molecular complexity index is 1420. The quantitative estimate of drug-likeness (QED) is 0.277. The fourth-order valence-corrected chi connectivity index (χ4v) is 5.54. The van der Waals surface area contributed by atoms with Crippen molar-refractivity contribution in [3.63, 3.8) is 0 Å². The second-order valence-electron chi connectivity index (χ2n) is 10.8. The Hall–Kier alpha value is -3.38. The minimum absolute atomic E-state index is 0.00516. The molecule has 3 aromatic rings. The molecule has 0 unspecified atom stereocenters. The zero-order valence-electron chi connectivity index (χ0n) is 21.6. The molecule has 4 rings (SSSR count). The fourth-order valence-electron chi connectivity index (χ4n) is 5.20. The SMILES string of the molecule is CC(C)(C)C[C@@H]1N[C@H](OC(=O)Nc2ccc(N)cc2)[C@H](c2cccc(Cl)c2F)[C@@]1(C#N)c1ccc(Cl)cc1F. The van der Waals surface area contributed by atoms with Crippen LogP contribution in [0.1, 0.15) is 44.2 Å². The highest BCUT2D eigenvalue weighted by Gasteiger charge is 2.61. The Balaban J connectivity index is 1.88. The van der Waals surface area contributed by atoms with Gasteiger partial charge in [-0.2, -0.15) is 5.26 Å². The van der Waals surface area contributed by atoms with Crippen molar-refractivity contribution in [2.45, 2.75) is 50.8 Å². The van der Waals surface area contributed by atoms with Crippen LogP contribution in [0.4, 0.5) is 25.0 Å². The summed E-state index contributed by atoms with van der Waals surface area (Å²) in [4.78, 5) is 13.0. The number of amides is 1. The monoisotopic (exact) mass is 572 g/mol. The van der Waals surface area contributed by atoms with E-state index in [1.165, 1.54) is 30.3 Å². The van der Waals surface area contributed by atoms with E-state index in [1.807, 2.05) is 20.8 Å². The minimum Gasteiger partial charge on any atom is -0.429 e. The maximum atomic E-state index is 15.6. The number of halogens is 4. The first-order valence-electron chi connectivity index (χ1n) is 12.3. The molecule has 4 atom stereocenters. The normalized spacial score (nSPS) is 22.8. The number of benzene rings is 3. The number of hydrogen-bond acceptors (Lipinski definition) is 5. The lowest BCUT2D eigenvalue weighted by molar-refractivity contribution is 0.0851. The largest absolute Gasteiger partial charge is 0.429 e. The third-order valence-electron chi connectivity index (χ3n) is 6.79. The van der Waals surface area contributed by atoms with Crippen LogP contribution in [-0.4, -0.2) is 18.4 Å². The Morgan fingerprint density at radius 3 is 2.46 bits per heavy atom. The molecular weight excluding hydrogens is 545 g/mol. The van der Waals surface area contributed by atoms with Crippen molar-refractivity contribution < 1.29 is 18.3 Å². The lowest BCUT2D eigenvalue weighted by atomic mass is 9.63. The van der Waals surface area contributed by atoms with Crippen molar-refractivity contribution in [1.29, 1.82) is 5.26 Å². The standard InChI is InChI=1S/C29H28Cl2F2N4O2/c1-28(2,3)14-23-29(15-34,20-12-7-16(30)13-22(20)32)24(19-5-4-6-21(31)25(19)33)26(37-23)39-27(38)36-18-10-8-17(35)9-11-18/h4-13,23-24,26,37H,14,35H2,1-3H3,(H,36,38)/t23-,24-,26+,29-/m0/s1. The number of anilines is 2. The summed E-state index contributed by atoms with van der Waals surface area (Å²) >= 11 is 12.2. The molecule has 204 valence electrons. The summed E-state index contributed by atoms with van der Waals surface area (Å²) in [6, 6.07) is 16.3. The Morgan fingerprint density at radius 1 is 1.15 bits per heavy atom. The van der Waals surface area contributed by atoms with E-state index in [0.29, 0.717) is 17.8 Å². The third-order valence-corrected chi connectivity index (χ3v) is 7.32. The van der Waals surface area contributed by atoms with Crippen molar-refractivity contribution in [3.8, 4) is 6.07 Å². The Labute approximate surface area is 236 Å². The topological polar surface area (TPSA) is 100 Å². The Kier molecular flexibility index (Phi) is 8.08. The molecule has 0 aliphatic carbocycles. The molecule has 0 radical (unpaired) electrons. The Morgan fingerprint density at radius 2 is 1.85 bits per heavy atom. The summed E-state index contributed by atoms with van der Waals surface area (Å²) in [6.07, 6.45) is -1.72. The van der Waals surface area contributed by atoms with E-state index in [0.717, 1.165) is 6.07 Å². The molecule has 0 spiro atoms. The van der Waals surface area contributed by atoms with E-state index >= 15 is 8.78 Å². The summed E-state index contributed by atoms with van der Waals surface area (Å²) < 4.78 is 37.0. The fraction of sp³-hybridized carbons (Fsp3) is 0.310. The number of ether oxygens (including phenoxy) is 1. The molecule has 1 amide bonds. The molecule has 1 heterocycles. The number of nitrogen functional groups attached to an aromatic ring is 1. The van der Waals surface area contributed by atoms with Crippen LogP contribution in [0.2, 0.25) is 10.0 Å². The first-order valence-corrected chi connectivity index (χ1v) is 13.0. The van der Waals surface area contributed by atoms with E-state index in [9.17, 15) is 10.1 Å². The number of carbonyl (C=O) groups excluding carboxylic acids is 1. The van der Waals surface area contributed by atoms with Crippen LogP contribution in [0.5, 0.6) is 0 Å². The third kappa shape index (κ3) is 5.81. The van der Waals surface area contributed by atoms with E-state index in [1.54, 1.807) is 24.3 Å². The van der Waals surface area contributed by atoms with Crippen LogP contribution in [0.25, 0.3) is 0 Å². The molecule has 10 heteroatoms. The maximum Gasteiger partial charge on any atom is 0.413 e. The second-order valence-corrected chi connectivity index (χ2v) is 11.6. The van der Waals surface area contributed by atoms with Crippen LogP contribution in [0.15, 0.2) is 60.7 Å². The smallest absolute Gasteiger partial charge is 0.413 e. The van der Waals surface area contributed by atoms with Gasteiger partial charge in [0.15, 0.2) is 6.23 Å². The second kappa shape index (κ2) is 11.0. The predicted molar refractivity (Wildman–Crippen MR) is 149 cm³/mol. The zero-order chi connectivity index (χ0) is 28.5. The summed E-state index contributed by atoms with van der Waals surface area (Å²) in [6.45, 7) is 5.89. The molecule has 1 saturated heterocycles. The average molecular weight is 573 g/mol. The molecule has 0 bridgehead atoms. The van der Waals surface area contributed by atoms with Crippen LogP contribution < -0.4 is 16.4 Å². The van der Waals surface area contributed by atoms with Gasteiger partial charge >= 0.3 is 6.09 Å². The number of nitriles is 1. The number of nitrogens with two attached hydrogens (primary N) is 1. The molecule has 1 fully saturated rings. The van der Waals surface area contributed by atoms with Gasteiger partial charge in [0.2, 0.25) is 0 Å². The zero-order valence-corrected chi connectivity index (χ0v) is 23.1. The van der Waals surface area contributed by atoms with Crippen LogP contribution >= 0.6 is 23.2 Å². The van der Waals surface area contributed by atoms with Gasteiger partial charge in [-0.25, -0.2) is 13.6 Å². The molecule has 0 saturated carbocycles. The lowest BCUT2D eigenvalue weighted by Crippen LogP contribution is -2.44. The molecule has 4 N–H and O–H groups in total. The highest BCUT2D eigenvalue weighted by molar-refractivity contribution is 6.31. The van der Waals surface area contributed by atoms with Gasteiger partial charge in [0.05, 0.1) is 17.0 Å².